The lowest BCUT2D eigenvalue weighted by molar-refractivity contribution is 0.576. The molecular weight excluding hydrogens is 284 g/mol. The van der Waals surface area contributed by atoms with Crippen molar-refractivity contribution >= 4 is 10.0 Å². The molecule has 0 saturated carbocycles. The number of hydrogen-bond donors (Lipinski definition) is 2. The summed E-state index contributed by atoms with van der Waals surface area (Å²) in [5.41, 5.74) is 2.10. The van der Waals surface area contributed by atoms with Crippen molar-refractivity contribution in [1.29, 1.82) is 0 Å². The van der Waals surface area contributed by atoms with E-state index in [4.69, 9.17) is 0 Å². The fourth-order valence-corrected chi connectivity index (χ4v) is 2.84. The Morgan fingerprint density at radius 2 is 1.29 bits per heavy atom. The van der Waals surface area contributed by atoms with Crippen LogP contribution in [0.2, 0.25) is 0 Å². The number of nitrogens with one attached hydrogen (secondary N) is 2. The van der Waals surface area contributed by atoms with E-state index in [9.17, 15) is 8.42 Å². The van der Waals surface area contributed by atoms with E-state index in [-0.39, 0.29) is 5.75 Å². The van der Waals surface area contributed by atoms with Gasteiger partial charge in [0.15, 0.2) is 0 Å². The van der Waals surface area contributed by atoms with E-state index in [1.54, 1.807) is 0 Å². The van der Waals surface area contributed by atoms with Crippen molar-refractivity contribution in [3.8, 4) is 0 Å². The number of rotatable bonds is 8. The van der Waals surface area contributed by atoms with Crippen LogP contribution in [0.5, 0.6) is 0 Å². The second kappa shape index (κ2) is 7.93. The zero-order valence-corrected chi connectivity index (χ0v) is 12.6. The Morgan fingerprint density at radius 3 is 1.86 bits per heavy atom. The Hall–Kier alpha value is -1.69. The lowest BCUT2D eigenvalue weighted by Gasteiger charge is -2.08. The van der Waals surface area contributed by atoms with Gasteiger partial charge < -0.3 is 5.32 Å². The second-order valence-electron chi connectivity index (χ2n) is 4.79. The zero-order chi connectivity index (χ0) is 15.0. The number of hydrogen-bond acceptors (Lipinski definition) is 3. The van der Waals surface area contributed by atoms with E-state index in [2.05, 4.69) is 10.0 Å². The van der Waals surface area contributed by atoms with E-state index >= 15 is 0 Å². The summed E-state index contributed by atoms with van der Waals surface area (Å²) in [5.74, 6) is 0.0761. The van der Waals surface area contributed by atoms with Crippen LogP contribution in [0.3, 0.4) is 0 Å². The molecule has 5 heteroatoms. The summed E-state index contributed by atoms with van der Waals surface area (Å²) in [5, 5.41) is 3.14. The predicted octanol–water partition coefficient (Wildman–Crippen LogP) is 1.90. The van der Waals surface area contributed by atoms with Gasteiger partial charge in [-0.05, 0) is 11.1 Å². The molecule has 0 atom stereocenters. The Kier molecular flexibility index (Phi) is 5.92. The maximum atomic E-state index is 11.9. The largest absolute Gasteiger partial charge is 0.312 e. The number of benzene rings is 2. The first-order valence-corrected chi connectivity index (χ1v) is 8.57. The summed E-state index contributed by atoms with van der Waals surface area (Å²) < 4.78 is 26.3. The molecule has 2 rings (SSSR count). The van der Waals surface area contributed by atoms with E-state index < -0.39 is 10.0 Å². The molecule has 0 aliphatic heterocycles. The van der Waals surface area contributed by atoms with Crippen LogP contribution < -0.4 is 10.0 Å². The summed E-state index contributed by atoms with van der Waals surface area (Å²) in [7, 11) is -3.25. The Morgan fingerprint density at radius 1 is 0.762 bits per heavy atom. The van der Waals surface area contributed by atoms with Crippen LogP contribution in [0.15, 0.2) is 60.7 Å². The molecule has 0 bridgehead atoms. The van der Waals surface area contributed by atoms with Gasteiger partial charge in [-0.1, -0.05) is 60.7 Å². The molecule has 0 amide bonds. The fourth-order valence-electron chi connectivity index (χ4n) is 1.90. The highest BCUT2D eigenvalue weighted by Crippen LogP contribution is 1.99. The molecule has 0 aliphatic carbocycles. The SMILES string of the molecule is O=S(=O)(CCNCc1ccccc1)NCc1ccccc1. The van der Waals surface area contributed by atoms with Crippen LogP contribution in [0, 0.1) is 0 Å². The molecular formula is C16H20N2O2S. The average Bonchev–Trinajstić information content (AvgIpc) is 2.52. The van der Waals surface area contributed by atoms with Gasteiger partial charge >= 0.3 is 0 Å². The summed E-state index contributed by atoms with van der Waals surface area (Å²) in [6.45, 7) is 1.44. The van der Waals surface area contributed by atoms with Gasteiger partial charge in [-0.2, -0.15) is 0 Å². The van der Waals surface area contributed by atoms with Gasteiger partial charge in [0.05, 0.1) is 5.75 Å². The van der Waals surface area contributed by atoms with E-state index in [1.165, 1.54) is 0 Å². The van der Waals surface area contributed by atoms with Crippen molar-refractivity contribution in [3.63, 3.8) is 0 Å². The minimum Gasteiger partial charge on any atom is -0.312 e. The zero-order valence-electron chi connectivity index (χ0n) is 11.8. The van der Waals surface area contributed by atoms with E-state index in [0.717, 1.165) is 11.1 Å². The first-order chi connectivity index (χ1) is 10.2. The van der Waals surface area contributed by atoms with E-state index in [0.29, 0.717) is 19.6 Å². The first kappa shape index (κ1) is 15.7. The minimum absolute atomic E-state index is 0.0761. The van der Waals surface area contributed by atoms with Crippen LogP contribution in [-0.4, -0.2) is 20.7 Å². The molecule has 0 radical (unpaired) electrons. The normalized spacial score (nSPS) is 11.4. The smallest absolute Gasteiger partial charge is 0.213 e. The molecule has 0 aliphatic rings. The van der Waals surface area contributed by atoms with Gasteiger partial charge in [0.2, 0.25) is 10.0 Å². The third-order valence-corrected chi connectivity index (χ3v) is 4.38. The molecule has 0 saturated heterocycles. The fraction of sp³-hybridized carbons (Fsp3) is 0.250. The molecule has 112 valence electrons. The van der Waals surface area contributed by atoms with Crippen LogP contribution in [0.4, 0.5) is 0 Å². The van der Waals surface area contributed by atoms with Crippen LogP contribution in [-0.2, 0) is 23.1 Å². The summed E-state index contributed by atoms with van der Waals surface area (Å²) in [6.07, 6.45) is 0. The van der Waals surface area contributed by atoms with Crippen LogP contribution in [0.1, 0.15) is 11.1 Å². The molecule has 21 heavy (non-hydrogen) atoms. The molecule has 0 aromatic heterocycles. The Bertz CT molecular complexity index is 628. The standard InChI is InChI=1S/C16H20N2O2S/c19-21(20,18-14-16-9-5-2-6-10-16)12-11-17-13-15-7-3-1-4-8-15/h1-10,17-18H,11-14H2. The molecule has 0 fully saturated rings. The lowest BCUT2D eigenvalue weighted by Crippen LogP contribution is -2.31. The monoisotopic (exact) mass is 304 g/mol. The van der Waals surface area contributed by atoms with Crippen molar-refractivity contribution in [2.24, 2.45) is 0 Å². The highest BCUT2D eigenvalue weighted by atomic mass is 32.2. The Balaban J connectivity index is 1.69. The molecule has 2 N–H and O–H groups in total. The van der Waals surface area contributed by atoms with Crippen molar-refractivity contribution in [3.05, 3.63) is 71.8 Å². The molecule has 4 nitrogen and oxygen atoms in total. The van der Waals surface area contributed by atoms with Gasteiger partial charge in [0.1, 0.15) is 0 Å². The molecule has 0 spiro atoms. The highest BCUT2D eigenvalue weighted by molar-refractivity contribution is 7.89. The van der Waals surface area contributed by atoms with Gasteiger partial charge in [0, 0.05) is 19.6 Å². The molecule has 0 heterocycles. The first-order valence-electron chi connectivity index (χ1n) is 6.92. The summed E-state index contributed by atoms with van der Waals surface area (Å²) in [4.78, 5) is 0. The average molecular weight is 304 g/mol. The Labute approximate surface area is 126 Å². The highest BCUT2D eigenvalue weighted by Gasteiger charge is 2.09. The van der Waals surface area contributed by atoms with Crippen molar-refractivity contribution in [1.82, 2.24) is 10.0 Å². The van der Waals surface area contributed by atoms with Crippen molar-refractivity contribution < 1.29 is 8.42 Å². The molecule has 2 aromatic carbocycles. The second-order valence-corrected chi connectivity index (χ2v) is 6.71. The van der Waals surface area contributed by atoms with Crippen LogP contribution >= 0.6 is 0 Å². The third-order valence-electron chi connectivity index (χ3n) is 3.06. The predicted molar refractivity (Wildman–Crippen MR) is 85.2 cm³/mol. The quantitative estimate of drug-likeness (QED) is 0.732. The summed E-state index contributed by atoms with van der Waals surface area (Å²) in [6, 6.07) is 19.4. The molecule has 0 unspecified atom stereocenters. The summed E-state index contributed by atoms with van der Waals surface area (Å²) >= 11 is 0. The van der Waals surface area contributed by atoms with Gasteiger partial charge in [-0.15, -0.1) is 0 Å². The van der Waals surface area contributed by atoms with Crippen molar-refractivity contribution in [2.45, 2.75) is 13.1 Å². The van der Waals surface area contributed by atoms with Gasteiger partial charge in [0.25, 0.3) is 0 Å². The topological polar surface area (TPSA) is 58.2 Å². The maximum Gasteiger partial charge on any atom is 0.213 e. The molecule has 2 aromatic rings. The minimum atomic E-state index is -3.25. The maximum absolute atomic E-state index is 11.9. The van der Waals surface area contributed by atoms with Crippen molar-refractivity contribution in [2.75, 3.05) is 12.3 Å². The van der Waals surface area contributed by atoms with E-state index in [1.807, 2.05) is 60.7 Å². The third kappa shape index (κ3) is 6.08. The lowest BCUT2D eigenvalue weighted by atomic mass is 10.2. The van der Waals surface area contributed by atoms with Crippen LogP contribution in [0.25, 0.3) is 0 Å². The van der Waals surface area contributed by atoms with Gasteiger partial charge in [-0.25, -0.2) is 13.1 Å². The van der Waals surface area contributed by atoms with Gasteiger partial charge in [-0.3, -0.25) is 0 Å². The number of sulfonamides is 1.